The van der Waals surface area contributed by atoms with Crippen LogP contribution in [0.25, 0.3) is 11.5 Å². The van der Waals surface area contributed by atoms with E-state index in [1.54, 1.807) is 0 Å². The van der Waals surface area contributed by atoms with Crippen LogP contribution in [0.3, 0.4) is 0 Å². The number of hydrogen-bond donors (Lipinski definition) is 0. The van der Waals surface area contributed by atoms with Crippen LogP contribution in [-0.2, 0) is 16.0 Å². The van der Waals surface area contributed by atoms with E-state index in [2.05, 4.69) is 21.9 Å². The summed E-state index contributed by atoms with van der Waals surface area (Å²) in [4.78, 5) is 24.2. The van der Waals surface area contributed by atoms with Crippen LogP contribution in [0.4, 0.5) is 0 Å². The Balaban J connectivity index is 2.19. The molecule has 0 saturated heterocycles. The van der Waals surface area contributed by atoms with Gasteiger partial charge in [-0.05, 0) is 25.5 Å². The summed E-state index contributed by atoms with van der Waals surface area (Å²) in [6.07, 6.45) is 1.81. The number of rotatable bonds is 7. The second-order valence-electron chi connectivity index (χ2n) is 5.12. The molecule has 2 rings (SSSR count). The maximum absolute atomic E-state index is 10.8. The Bertz CT molecular complexity index is 674. The first-order valence-corrected chi connectivity index (χ1v) is 7.66. The summed E-state index contributed by atoms with van der Waals surface area (Å²) in [5.41, 5.74) is 2.53. The smallest absolute Gasteiger partial charge is 0.302 e. The van der Waals surface area contributed by atoms with E-state index in [0.717, 1.165) is 24.2 Å². The van der Waals surface area contributed by atoms with Crippen LogP contribution in [0, 0.1) is 6.92 Å². The number of aryl methyl sites for hydroxylation is 2. The van der Waals surface area contributed by atoms with E-state index in [1.165, 1.54) is 6.92 Å². The molecule has 0 aliphatic heterocycles. The van der Waals surface area contributed by atoms with Gasteiger partial charge in [-0.15, -0.1) is 0 Å². The second kappa shape index (κ2) is 8.22. The van der Waals surface area contributed by atoms with Gasteiger partial charge in [0.15, 0.2) is 5.82 Å². The van der Waals surface area contributed by atoms with Gasteiger partial charge in [0.2, 0.25) is 5.88 Å². The molecule has 0 atom stereocenters. The molecule has 0 unspecified atom stereocenters. The molecule has 0 aromatic carbocycles. The van der Waals surface area contributed by atoms with Crippen LogP contribution in [0.2, 0.25) is 0 Å². The number of pyridine rings is 1. The second-order valence-corrected chi connectivity index (χ2v) is 5.12. The van der Waals surface area contributed by atoms with E-state index in [1.807, 2.05) is 31.2 Å². The molecule has 2 heterocycles. The van der Waals surface area contributed by atoms with Crippen LogP contribution < -0.4 is 4.74 Å². The molecule has 0 saturated carbocycles. The van der Waals surface area contributed by atoms with Gasteiger partial charge in [-0.3, -0.25) is 4.79 Å². The van der Waals surface area contributed by atoms with Crippen LogP contribution in [-0.4, -0.2) is 34.1 Å². The van der Waals surface area contributed by atoms with Crippen LogP contribution >= 0.6 is 0 Å². The summed E-state index contributed by atoms with van der Waals surface area (Å²) >= 11 is 0. The summed E-state index contributed by atoms with van der Waals surface area (Å²) in [6, 6.07) is 7.54. The van der Waals surface area contributed by atoms with Crippen molar-refractivity contribution in [1.29, 1.82) is 0 Å². The van der Waals surface area contributed by atoms with Crippen molar-refractivity contribution in [2.45, 2.75) is 33.6 Å². The zero-order valence-electron chi connectivity index (χ0n) is 13.7. The van der Waals surface area contributed by atoms with Crippen LogP contribution in [0.15, 0.2) is 24.3 Å². The maximum atomic E-state index is 10.8. The average molecular weight is 315 g/mol. The maximum Gasteiger partial charge on any atom is 0.302 e. The first-order valence-electron chi connectivity index (χ1n) is 7.66. The number of aromatic nitrogens is 3. The van der Waals surface area contributed by atoms with Crippen molar-refractivity contribution in [3.8, 4) is 17.4 Å². The molecule has 2 aromatic heterocycles. The first-order chi connectivity index (χ1) is 11.1. The number of carbonyl (C=O) groups excluding carboxylic acids is 1. The minimum Gasteiger partial charge on any atom is -0.474 e. The molecule has 2 aromatic rings. The minimum atomic E-state index is -0.326. The zero-order valence-corrected chi connectivity index (χ0v) is 13.7. The van der Waals surface area contributed by atoms with Crippen LogP contribution in [0.1, 0.15) is 31.7 Å². The molecule has 122 valence electrons. The van der Waals surface area contributed by atoms with E-state index in [9.17, 15) is 4.79 Å². The number of hydrogen-bond acceptors (Lipinski definition) is 6. The molecule has 0 bridgehead atoms. The van der Waals surface area contributed by atoms with Crippen molar-refractivity contribution in [2.75, 3.05) is 13.2 Å². The fraction of sp³-hybridized carbons (Fsp3) is 0.412. The Hall–Kier alpha value is -2.50. The fourth-order valence-electron chi connectivity index (χ4n) is 2.04. The van der Waals surface area contributed by atoms with E-state index in [-0.39, 0.29) is 19.2 Å². The monoisotopic (exact) mass is 315 g/mol. The average Bonchev–Trinajstić information content (AvgIpc) is 2.51. The highest BCUT2D eigenvalue weighted by atomic mass is 16.6. The number of carbonyl (C=O) groups is 1. The molecule has 0 fully saturated rings. The van der Waals surface area contributed by atoms with Gasteiger partial charge in [-0.25, -0.2) is 9.97 Å². The Labute approximate surface area is 135 Å². The number of ether oxygens (including phenoxy) is 2. The van der Waals surface area contributed by atoms with E-state index in [0.29, 0.717) is 17.4 Å². The van der Waals surface area contributed by atoms with E-state index < -0.39 is 0 Å². The standard InChI is InChI=1S/C17H21N3O3/c1-4-6-14-11-16(23-10-9-22-13(3)21)20-17(19-14)15-8-5-7-12(2)18-15/h5,7-8,11H,4,6,9-10H2,1-3H3. The third-order valence-electron chi connectivity index (χ3n) is 3.02. The molecule has 0 amide bonds. The van der Waals surface area contributed by atoms with E-state index >= 15 is 0 Å². The highest BCUT2D eigenvalue weighted by Crippen LogP contribution is 2.18. The highest BCUT2D eigenvalue weighted by molar-refractivity contribution is 5.65. The lowest BCUT2D eigenvalue weighted by atomic mass is 10.2. The Morgan fingerprint density at radius 1 is 1.17 bits per heavy atom. The molecule has 6 nitrogen and oxygen atoms in total. The lowest BCUT2D eigenvalue weighted by Crippen LogP contribution is -2.11. The molecule has 6 heteroatoms. The van der Waals surface area contributed by atoms with Gasteiger partial charge in [0.05, 0.1) is 0 Å². The van der Waals surface area contributed by atoms with Crippen molar-refractivity contribution < 1.29 is 14.3 Å². The molecule has 0 spiro atoms. The van der Waals surface area contributed by atoms with Gasteiger partial charge in [-0.2, -0.15) is 4.98 Å². The lowest BCUT2D eigenvalue weighted by Gasteiger charge is -2.09. The predicted molar refractivity (Wildman–Crippen MR) is 86.1 cm³/mol. The first kappa shape index (κ1) is 16.9. The zero-order chi connectivity index (χ0) is 16.7. The quantitative estimate of drug-likeness (QED) is 0.578. The number of nitrogens with zero attached hydrogens (tertiary/aromatic N) is 3. The van der Waals surface area contributed by atoms with Crippen molar-refractivity contribution >= 4 is 5.97 Å². The third kappa shape index (κ3) is 5.32. The predicted octanol–water partition coefficient (Wildman–Crippen LogP) is 2.74. The largest absolute Gasteiger partial charge is 0.474 e. The van der Waals surface area contributed by atoms with Gasteiger partial charge in [0, 0.05) is 24.4 Å². The lowest BCUT2D eigenvalue weighted by molar-refractivity contribution is -0.141. The molecule has 23 heavy (non-hydrogen) atoms. The molecule has 0 radical (unpaired) electrons. The summed E-state index contributed by atoms with van der Waals surface area (Å²) in [5.74, 6) is 0.684. The van der Waals surface area contributed by atoms with Gasteiger partial charge in [-0.1, -0.05) is 19.4 Å². The van der Waals surface area contributed by atoms with Crippen LogP contribution in [0.5, 0.6) is 5.88 Å². The summed E-state index contributed by atoms with van der Waals surface area (Å²) in [7, 11) is 0. The fourth-order valence-corrected chi connectivity index (χ4v) is 2.04. The van der Waals surface area contributed by atoms with Gasteiger partial charge in [0.25, 0.3) is 0 Å². The molecule has 0 aliphatic rings. The SMILES string of the molecule is CCCc1cc(OCCOC(C)=O)nc(-c2cccc(C)n2)n1. The minimum absolute atomic E-state index is 0.195. The Morgan fingerprint density at radius 3 is 2.70 bits per heavy atom. The Morgan fingerprint density at radius 2 is 2.00 bits per heavy atom. The normalized spacial score (nSPS) is 10.4. The Kier molecular flexibility index (Phi) is 6.02. The van der Waals surface area contributed by atoms with Crippen molar-refractivity contribution in [3.63, 3.8) is 0 Å². The van der Waals surface area contributed by atoms with Crippen molar-refractivity contribution in [3.05, 3.63) is 35.7 Å². The van der Waals surface area contributed by atoms with Gasteiger partial charge >= 0.3 is 5.97 Å². The van der Waals surface area contributed by atoms with Gasteiger partial charge < -0.3 is 9.47 Å². The highest BCUT2D eigenvalue weighted by Gasteiger charge is 2.09. The molecule has 0 aliphatic carbocycles. The molecular weight excluding hydrogens is 294 g/mol. The summed E-state index contributed by atoms with van der Waals surface area (Å²) < 4.78 is 10.4. The van der Waals surface area contributed by atoms with Gasteiger partial charge in [0.1, 0.15) is 18.9 Å². The topological polar surface area (TPSA) is 74.2 Å². The van der Waals surface area contributed by atoms with Crippen molar-refractivity contribution in [2.24, 2.45) is 0 Å². The summed E-state index contributed by atoms with van der Waals surface area (Å²) in [5, 5.41) is 0. The molecular formula is C17H21N3O3. The van der Waals surface area contributed by atoms with E-state index in [4.69, 9.17) is 9.47 Å². The third-order valence-corrected chi connectivity index (χ3v) is 3.02. The van der Waals surface area contributed by atoms with Crippen molar-refractivity contribution in [1.82, 2.24) is 15.0 Å². The summed E-state index contributed by atoms with van der Waals surface area (Å²) in [6.45, 7) is 5.83. The molecule has 0 N–H and O–H groups in total. The number of esters is 1.